The predicted molar refractivity (Wildman–Crippen MR) is 181 cm³/mol. The van der Waals surface area contributed by atoms with Crippen molar-refractivity contribution < 1.29 is 19.1 Å². The number of nitrogens with zero attached hydrogens (tertiary/aromatic N) is 3. The molecule has 0 aliphatic carbocycles. The van der Waals surface area contributed by atoms with Gasteiger partial charge in [-0.2, -0.15) is 0 Å². The van der Waals surface area contributed by atoms with Crippen LogP contribution < -0.4 is 9.47 Å². The second kappa shape index (κ2) is 15.8. The van der Waals surface area contributed by atoms with Crippen LogP contribution in [0.15, 0.2) is 115 Å². The van der Waals surface area contributed by atoms with Crippen molar-refractivity contribution in [3.63, 3.8) is 0 Å². The van der Waals surface area contributed by atoms with Gasteiger partial charge in [-0.25, -0.2) is 14.6 Å². The smallest absolute Gasteiger partial charge is 0.410 e. The summed E-state index contributed by atoms with van der Waals surface area (Å²) in [4.78, 5) is 34.1. The van der Waals surface area contributed by atoms with Gasteiger partial charge in [-0.05, 0) is 76.9 Å². The van der Waals surface area contributed by atoms with Crippen molar-refractivity contribution in [1.82, 2.24) is 14.8 Å². The second-order valence-corrected chi connectivity index (χ2v) is 12.0. The molecule has 234 valence electrons. The lowest BCUT2D eigenvalue weighted by atomic mass is 10.2. The highest BCUT2D eigenvalue weighted by atomic mass is 35.5. The van der Waals surface area contributed by atoms with Crippen LogP contribution in [0.25, 0.3) is 0 Å². The number of aromatic nitrogens is 1. The summed E-state index contributed by atoms with van der Waals surface area (Å²) in [6.07, 6.45) is 0.0911. The molecule has 0 N–H and O–H groups in total. The highest BCUT2D eigenvalue weighted by Gasteiger charge is 2.21. The maximum atomic E-state index is 13.5. The topological polar surface area (TPSA) is 72.0 Å². The molecule has 2 amide bonds. The fourth-order valence-electron chi connectivity index (χ4n) is 4.62. The third kappa shape index (κ3) is 9.86. The highest BCUT2D eigenvalue weighted by Crippen LogP contribution is 2.23. The summed E-state index contributed by atoms with van der Waals surface area (Å²) in [5, 5.41) is 2.19. The second-order valence-electron chi connectivity index (χ2n) is 10.3. The number of hydrogen-bond acceptors (Lipinski definition) is 5. The van der Waals surface area contributed by atoms with Crippen molar-refractivity contribution in [2.45, 2.75) is 26.2 Å². The molecular formula is C35H27Cl4N3O4. The van der Waals surface area contributed by atoms with Crippen LogP contribution in [0.4, 0.5) is 9.59 Å². The maximum Gasteiger partial charge on any atom is 0.417 e. The molecule has 0 unspecified atom stereocenters. The van der Waals surface area contributed by atoms with Gasteiger partial charge in [-0.1, -0.05) is 94.9 Å². The zero-order valence-corrected chi connectivity index (χ0v) is 27.3. The van der Waals surface area contributed by atoms with Crippen LogP contribution in [0.1, 0.15) is 22.3 Å². The first-order valence-electron chi connectivity index (χ1n) is 14.1. The van der Waals surface area contributed by atoms with E-state index in [1.165, 1.54) is 28.1 Å². The van der Waals surface area contributed by atoms with Gasteiger partial charge < -0.3 is 9.47 Å². The van der Waals surface area contributed by atoms with Crippen LogP contribution in [0.2, 0.25) is 20.1 Å². The van der Waals surface area contributed by atoms with Crippen LogP contribution >= 0.6 is 46.4 Å². The van der Waals surface area contributed by atoms with E-state index in [-0.39, 0.29) is 37.8 Å². The molecule has 0 fully saturated rings. The number of rotatable bonds is 10. The number of hydrogen-bond donors (Lipinski definition) is 0. The van der Waals surface area contributed by atoms with Crippen molar-refractivity contribution >= 4 is 58.6 Å². The molecular weight excluding hydrogens is 668 g/mol. The summed E-state index contributed by atoms with van der Waals surface area (Å²) in [5.41, 5.74) is 3.24. The van der Waals surface area contributed by atoms with Gasteiger partial charge in [0.05, 0.1) is 0 Å². The Morgan fingerprint density at radius 1 is 0.522 bits per heavy atom. The van der Waals surface area contributed by atoms with E-state index in [1.54, 1.807) is 48.5 Å². The van der Waals surface area contributed by atoms with Gasteiger partial charge >= 0.3 is 12.2 Å². The van der Waals surface area contributed by atoms with E-state index < -0.39 is 12.2 Å². The van der Waals surface area contributed by atoms with Gasteiger partial charge in [0.25, 0.3) is 0 Å². The Hall–Kier alpha value is -4.27. The summed E-state index contributed by atoms with van der Waals surface area (Å²) >= 11 is 24.7. The van der Waals surface area contributed by atoms with Gasteiger partial charge in [0.1, 0.15) is 5.75 Å². The molecule has 0 aliphatic heterocycles. The minimum atomic E-state index is -0.667. The fourth-order valence-corrected chi connectivity index (χ4v) is 5.47. The lowest BCUT2D eigenvalue weighted by Gasteiger charge is -2.23. The molecule has 46 heavy (non-hydrogen) atoms. The molecule has 1 aromatic heterocycles. The van der Waals surface area contributed by atoms with Crippen LogP contribution in [-0.4, -0.2) is 27.0 Å². The van der Waals surface area contributed by atoms with Crippen molar-refractivity contribution in [2.75, 3.05) is 0 Å². The monoisotopic (exact) mass is 693 g/mol. The number of ether oxygens (including phenoxy) is 2. The van der Waals surface area contributed by atoms with Gasteiger partial charge in [0, 0.05) is 58.5 Å². The van der Waals surface area contributed by atoms with E-state index in [0.717, 1.165) is 22.3 Å². The molecule has 0 saturated carbocycles. The zero-order chi connectivity index (χ0) is 32.5. The third-order valence-electron chi connectivity index (χ3n) is 6.67. The van der Waals surface area contributed by atoms with E-state index in [1.807, 2.05) is 48.5 Å². The van der Waals surface area contributed by atoms with Crippen LogP contribution in [-0.2, 0) is 26.2 Å². The summed E-state index contributed by atoms with van der Waals surface area (Å²) in [7, 11) is 0. The van der Waals surface area contributed by atoms with Gasteiger partial charge in [-0.3, -0.25) is 9.80 Å². The first-order chi connectivity index (χ1) is 22.2. The number of carbonyl (C=O) groups is 2. The molecule has 0 bridgehead atoms. The summed E-state index contributed by atoms with van der Waals surface area (Å²) in [5.74, 6) is 0.0925. The molecule has 0 aliphatic rings. The Kier molecular flexibility index (Phi) is 11.4. The zero-order valence-electron chi connectivity index (χ0n) is 24.3. The number of benzene rings is 4. The molecule has 5 rings (SSSR count). The Balaban J connectivity index is 1.32. The summed E-state index contributed by atoms with van der Waals surface area (Å²) in [6.45, 7) is 0.868. The Morgan fingerprint density at radius 3 is 1.26 bits per heavy atom. The van der Waals surface area contributed by atoms with Crippen LogP contribution in [0, 0.1) is 0 Å². The van der Waals surface area contributed by atoms with Crippen molar-refractivity contribution in [2.24, 2.45) is 0 Å². The van der Waals surface area contributed by atoms with Gasteiger partial charge in [-0.15, -0.1) is 0 Å². The SMILES string of the molecule is O=C(Oc1ccnc(OC(=O)N(Cc2cccc(Cl)c2)Cc2cccc(Cl)c2)c1)N(Cc1cccc(Cl)c1)Cc1cccc(Cl)c1. The Labute approximate surface area is 286 Å². The highest BCUT2D eigenvalue weighted by molar-refractivity contribution is 6.31. The lowest BCUT2D eigenvalue weighted by molar-refractivity contribution is 0.143. The summed E-state index contributed by atoms with van der Waals surface area (Å²) < 4.78 is 11.4. The molecule has 5 aromatic rings. The first-order valence-corrected chi connectivity index (χ1v) is 15.6. The number of pyridine rings is 1. The van der Waals surface area contributed by atoms with Crippen molar-refractivity contribution in [3.8, 4) is 11.6 Å². The molecule has 11 heteroatoms. The fraction of sp³-hybridized carbons (Fsp3) is 0.114. The Bertz CT molecular complexity index is 1610. The molecule has 1 heterocycles. The summed E-state index contributed by atoms with van der Waals surface area (Å²) in [6, 6.07) is 31.7. The molecule has 0 atom stereocenters. The molecule has 7 nitrogen and oxygen atoms in total. The molecule has 4 aromatic carbocycles. The van der Waals surface area contributed by atoms with Crippen molar-refractivity contribution in [3.05, 3.63) is 158 Å². The van der Waals surface area contributed by atoms with Crippen LogP contribution in [0.3, 0.4) is 0 Å². The minimum absolute atomic E-state index is 0.0475. The number of amides is 2. The van der Waals surface area contributed by atoms with E-state index in [4.69, 9.17) is 55.9 Å². The van der Waals surface area contributed by atoms with Gasteiger partial charge in [0.15, 0.2) is 0 Å². The lowest BCUT2D eigenvalue weighted by Crippen LogP contribution is -2.33. The van der Waals surface area contributed by atoms with E-state index in [9.17, 15) is 9.59 Å². The Morgan fingerprint density at radius 2 is 0.891 bits per heavy atom. The van der Waals surface area contributed by atoms with Crippen LogP contribution in [0.5, 0.6) is 11.6 Å². The molecule has 0 spiro atoms. The molecule has 0 radical (unpaired) electrons. The van der Waals surface area contributed by atoms with Gasteiger partial charge in [0.2, 0.25) is 5.88 Å². The minimum Gasteiger partial charge on any atom is -0.410 e. The average Bonchev–Trinajstić information content (AvgIpc) is 3.01. The predicted octanol–water partition coefficient (Wildman–Crippen LogP) is 10.1. The van der Waals surface area contributed by atoms with E-state index >= 15 is 0 Å². The third-order valence-corrected chi connectivity index (χ3v) is 7.61. The standard InChI is InChI=1S/C35H27Cl4N3O4/c36-28-9-1-5-24(15-28)20-41(21-25-6-2-10-29(37)16-25)34(43)45-32-13-14-40-33(19-32)46-35(44)42(22-26-7-3-11-30(38)17-26)23-27-8-4-12-31(39)18-27/h1-19H,20-23H2. The maximum absolute atomic E-state index is 13.5. The number of halogens is 4. The number of carbonyl (C=O) groups excluding carboxylic acids is 2. The molecule has 0 saturated heterocycles. The van der Waals surface area contributed by atoms with E-state index in [2.05, 4.69) is 4.98 Å². The average molecular weight is 695 g/mol. The van der Waals surface area contributed by atoms with E-state index in [0.29, 0.717) is 20.1 Å². The normalized spacial score (nSPS) is 10.7. The van der Waals surface area contributed by atoms with Crippen molar-refractivity contribution in [1.29, 1.82) is 0 Å². The quantitative estimate of drug-likeness (QED) is 0.146. The first kappa shape index (κ1) is 33.1. The largest absolute Gasteiger partial charge is 0.417 e.